The number of nitrogens with one attached hydrogen (secondary N) is 1. The summed E-state index contributed by atoms with van der Waals surface area (Å²) in [6.07, 6.45) is 2.41. The fraction of sp³-hybridized carbons (Fsp3) is 0.105. The van der Waals surface area contributed by atoms with Crippen LogP contribution in [0.5, 0.6) is 5.75 Å². The molecule has 0 saturated carbocycles. The first-order chi connectivity index (χ1) is 13.6. The number of aromatic nitrogens is 1. The fourth-order valence-corrected chi connectivity index (χ4v) is 6.07. The molecule has 7 nitrogen and oxygen atoms in total. The van der Waals surface area contributed by atoms with Crippen LogP contribution in [0.1, 0.15) is 0 Å². The first-order valence-corrected chi connectivity index (χ1v) is 12.0. The minimum atomic E-state index is -4.23. The van der Waals surface area contributed by atoms with Crippen molar-refractivity contribution in [2.24, 2.45) is 0 Å². The molecule has 0 aliphatic heterocycles. The lowest BCUT2D eigenvalue weighted by atomic mass is 10.1. The molecule has 0 unspecified atom stereocenters. The largest absolute Gasteiger partial charge is 0.497 e. The number of rotatable bonds is 6. The Morgan fingerprint density at radius 2 is 1.59 bits per heavy atom. The number of halogens is 1. The van der Waals surface area contributed by atoms with Crippen LogP contribution in [0.3, 0.4) is 0 Å². The smallest absolute Gasteiger partial charge is 0.264 e. The van der Waals surface area contributed by atoms with Gasteiger partial charge in [-0.2, -0.15) is 0 Å². The van der Waals surface area contributed by atoms with E-state index in [9.17, 15) is 16.8 Å². The van der Waals surface area contributed by atoms with Crippen molar-refractivity contribution in [1.29, 1.82) is 0 Å². The SMILES string of the molecule is COc1ccc(-c2ccc(NS(=O)(=O)c3cccc(Cl)c3S(C)(=O)=O)nc2)cc1. The van der Waals surface area contributed by atoms with Crippen molar-refractivity contribution in [3.05, 3.63) is 65.8 Å². The van der Waals surface area contributed by atoms with Gasteiger partial charge in [0.2, 0.25) is 0 Å². The van der Waals surface area contributed by atoms with Gasteiger partial charge in [0, 0.05) is 18.0 Å². The Hall–Kier alpha value is -2.62. The van der Waals surface area contributed by atoms with E-state index in [1.54, 1.807) is 25.3 Å². The number of methoxy groups -OCH3 is 1. The van der Waals surface area contributed by atoms with E-state index >= 15 is 0 Å². The van der Waals surface area contributed by atoms with Gasteiger partial charge in [0.05, 0.1) is 12.1 Å². The third-order valence-corrected chi connectivity index (χ3v) is 7.15. The average molecular weight is 453 g/mol. The van der Waals surface area contributed by atoms with E-state index in [2.05, 4.69) is 9.71 Å². The number of pyridine rings is 1. The molecule has 0 aliphatic carbocycles. The third-order valence-electron chi connectivity index (χ3n) is 4.02. The second-order valence-electron chi connectivity index (χ2n) is 6.11. The molecule has 0 bridgehead atoms. The number of ether oxygens (including phenoxy) is 1. The molecule has 3 aromatic rings. The summed E-state index contributed by atoms with van der Waals surface area (Å²) < 4.78 is 57.0. The van der Waals surface area contributed by atoms with Gasteiger partial charge < -0.3 is 4.74 Å². The number of nitrogens with zero attached hydrogens (tertiary/aromatic N) is 1. The molecule has 29 heavy (non-hydrogen) atoms. The van der Waals surface area contributed by atoms with Crippen molar-refractivity contribution >= 4 is 37.3 Å². The zero-order valence-corrected chi connectivity index (χ0v) is 17.8. The highest BCUT2D eigenvalue weighted by Crippen LogP contribution is 2.30. The van der Waals surface area contributed by atoms with Crippen molar-refractivity contribution < 1.29 is 21.6 Å². The number of benzene rings is 2. The lowest BCUT2D eigenvalue weighted by Crippen LogP contribution is -2.17. The van der Waals surface area contributed by atoms with Crippen molar-refractivity contribution in [2.75, 3.05) is 18.1 Å². The average Bonchev–Trinajstić information content (AvgIpc) is 2.67. The van der Waals surface area contributed by atoms with E-state index in [1.165, 1.54) is 30.5 Å². The first-order valence-electron chi connectivity index (χ1n) is 8.24. The fourth-order valence-electron chi connectivity index (χ4n) is 2.66. The maximum atomic E-state index is 12.8. The molecule has 3 rings (SSSR count). The van der Waals surface area contributed by atoms with Crippen LogP contribution in [0.4, 0.5) is 5.82 Å². The molecule has 1 N–H and O–H groups in total. The number of sulfonamides is 1. The molecule has 0 aliphatic rings. The second kappa shape index (κ2) is 8.02. The van der Waals surface area contributed by atoms with Gasteiger partial charge in [0.25, 0.3) is 10.0 Å². The van der Waals surface area contributed by atoms with Gasteiger partial charge in [0.15, 0.2) is 9.84 Å². The zero-order valence-electron chi connectivity index (χ0n) is 15.5. The lowest BCUT2D eigenvalue weighted by molar-refractivity contribution is 0.415. The van der Waals surface area contributed by atoms with Crippen LogP contribution in [0.2, 0.25) is 5.02 Å². The van der Waals surface area contributed by atoms with Gasteiger partial charge in [-0.15, -0.1) is 0 Å². The lowest BCUT2D eigenvalue weighted by Gasteiger charge is -2.12. The Balaban J connectivity index is 1.91. The van der Waals surface area contributed by atoms with Crippen molar-refractivity contribution in [1.82, 2.24) is 4.98 Å². The van der Waals surface area contributed by atoms with Crippen LogP contribution in [-0.4, -0.2) is 35.2 Å². The highest BCUT2D eigenvalue weighted by atomic mass is 35.5. The Bertz CT molecular complexity index is 1240. The molecule has 10 heteroatoms. The van der Waals surface area contributed by atoms with E-state index in [4.69, 9.17) is 16.3 Å². The summed E-state index contributed by atoms with van der Waals surface area (Å²) in [6.45, 7) is 0. The van der Waals surface area contributed by atoms with Gasteiger partial charge in [0.1, 0.15) is 21.4 Å². The van der Waals surface area contributed by atoms with Crippen molar-refractivity contribution in [3.63, 3.8) is 0 Å². The van der Waals surface area contributed by atoms with Crippen LogP contribution in [0.15, 0.2) is 70.6 Å². The monoisotopic (exact) mass is 452 g/mol. The quantitative estimate of drug-likeness (QED) is 0.612. The normalized spacial score (nSPS) is 11.8. The Labute approximate surface area is 174 Å². The second-order valence-corrected chi connectivity index (χ2v) is 10.1. The highest BCUT2D eigenvalue weighted by molar-refractivity contribution is 7.95. The van der Waals surface area contributed by atoms with Crippen LogP contribution in [-0.2, 0) is 19.9 Å². The molecule has 0 saturated heterocycles. The summed E-state index contributed by atoms with van der Waals surface area (Å²) >= 11 is 5.94. The standard InChI is InChI=1S/C19H17ClN2O5S2/c1-27-15-9-6-13(7-10-15)14-8-11-18(21-12-14)22-29(25,26)17-5-3-4-16(20)19(17)28(2,23)24/h3-12H,1-2H3,(H,21,22). The Morgan fingerprint density at radius 3 is 2.14 bits per heavy atom. The van der Waals surface area contributed by atoms with E-state index in [0.29, 0.717) is 5.75 Å². The number of hydrogen-bond donors (Lipinski definition) is 1. The van der Waals surface area contributed by atoms with E-state index < -0.39 is 29.7 Å². The molecule has 152 valence electrons. The molecule has 1 aromatic heterocycles. The molecule has 0 fully saturated rings. The van der Waals surface area contributed by atoms with Crippen LogP contribution in [0.25, 0.3) is 11.1 Å². The van der Waals surface area contributed by atoms with Gasteiger partial charge in [-0.25, -0.2) is 21.8 Å². The van der Waals surface area contributed by atoms with Crippen LogP contribution in [0, 0.1) is 0 Å². The Morgan fingerprint density at radius 1 is 0.931 bits per heavy atom. The summed E-state index contributed by atoms with van der Waals surface area (Å²) in [5.41, 5.74) is 1.65. The predicted octanol–water partition coefficient (Wildman–Crippen LogP) is 3.61. The first kappa shape index (κ1) is 21.1. The predicted molar refractivity (Wildman–Crippen MR) is 112 cm³/mol. The molecule has 0 spiro atoms. The molecular weight excluding hydrogens is 436 g/mol. The van der Waals surface area contributed by atoms with Gasteiger partial charge in [-0.05, 0) is 42.0 Å². The summed E-state index contributed by atoms with van der Waals surface area (Å²) in [6, 6.07) is 14.4. The molecule has 1 heterocycles. The molecule has 0 radical (unpaired) electrons. The summed E-state index contributed by atoms with van der Waals surface area (Å²) in [5, 5.41) is -0.168. The minimum Gasteiger partial charge on any atom is -0.497 e. The third kappa shape index (κ3) is 4.69. The number of sulfone groups is 1. The summed E-state index contributed by atoms with van der Waals surface area (Å²) in [5.74, 6) is 0.760. The van der Waals surface area contributed by atoms with Crippen molar-refractivity contribution in [2.45, 2.75) is 9.79 Å². The van der Waals surface area contributed by atoms with Gasteiger partial charge in [-0.1, -0.05) is 29.8 Å². The maximum Gasteiger partial charge on any atom is 0.264 e. The molecule has 0 atom stereocenters. The van der Waals surface area contributed by atoms with Gasteiger partial charge in [-0.3, -0.25) is 4.72 Å². The Kier molecular flexibility index (Phi) is 5.83. The van der Waals surface area contributed by atoms with E-state index in [-0.39, 0.29) is 10.8 Å². The minimum absolute atomic E-state index is 0.0432. The van der Waals surface area contributed by atoms with Crippen molar-refractivity contribution in [3.8, 4) is 16.9 Å². The maximum absolute atomic E-state index is 12.8. The van der Waals surface area contributed by atoms with Crippen LogP contribution < -0.4 is 9.46 Å². The van der Waals surface area contributed by atoms with Gasteiger partial charge >= 0.3 is 0 Å². The number of anilines is 1. The molecular formula is C19H17ClN2O5S2. The van der Waals surface area contributed by atoms with E-state index in [1.807, 2.05) is 12.1 Å². The van der Waals surface area contributed by atoms with E-state index in [0.717, 1.165) is 17.4 Å². The zero-order chi connectivity index (χ0) is 21.2. The number of hydrogen-bond acceptors (Lipinski definition) is 6. The highest BCUT2D eigenvalue weighted by Gasteiger charge is 2.26. The van der Waals surface area contributed by atoms with Crippen LogP contribution >= 0.6 is 11.6 Å². The molecule has 2 aromatic carbocycles. The topological polar surface area (TPSA) is 102 Å². The summed E-state index contributed by atoms with van der Waals surface area (Å²) in [7, 11) is -6.52. The molecule has 0 amide bonds. The summed E-state index contributed by atoms with van der Waals surface area (Å²) in [4.78, 5) is 3.23.